The molecule has 0 aliphatic carbocycles. The molecule has 0 N–H and O–H groups in total. The van der Waals surface area contributed by atoms with E-state index in [-0.39, 0.29) is 0 Å². The average Bonchev–Trinajstić information content (AvgIpc) is 2.19. The van der Waals surface area contributed by atoms with Crippen molar-refractivity contribution in [3.63, 3.8) is 0 Å². The van der Waals surface area contributed by atoms with Gasteiger partial charge < -0.3 is 0 Å². The molecule has 79 valence electrons. The fourth-order valence-corrected chi connectivity index (χ4v) is 2.67. The predicted molar refractivity (Wildman–Crippen MR) is 71.8 cm³/mol. The summed E-state index contributed by atoms with van der Waals surface area (Å²) in [4.78, 5) is 0. The van der Waals surface area contributed by atoms with Crippen molar-refractivity contribution in [2.45, 2.75) is 13.8 Å². The highest BCUT2D eigenvalue weighted by atomic mass is 35.5. The maximum atomic E-state index is 6.04. The van der Waals surface area contributed by atoms with Crippen molar-refractivity contribution < 1.29 is 0 Å². The highest BCUT2D eigenvalue weighted by Gasteiger charge is 2.08. The van der Waals surface area contributed by atoms with Crippen LogP contribution in [0.3, 0.4) is 0 Å². The summed E-state index contributed by atoms with van der Waals surface area (Å²) in [6, 6.07) is 12.2. The van der Waals surface area contributed by atoms with Crippen LogP contribution < -0.4 is 5.19 Å². The van der Waals surface area contributed by atoms with Gasteiger partial charge in [0.2, 0.25) is 0 Å². The minimum Gasteiger partial charge on any atom is -0.0843 e. The van der Waals surface area contributed by atoms with Crippen LogP contribution in [0.5, 0.6) is 0 Å². The first-order chi connectivity index (χ1) is 7.59. The standard InChI is InChI=1S/C14H12ClSi/c1-9-7-11(15)8-10(2)14(9)12-5-3-4-6-13(12)16/h3-8H,1-2H3. The van der Waals surface area contributed by atoms with E-state index in [0.717, 1.165) is 10.2 Å². The Morgan fingerprint density at radius 1 is 1.00 bits per heavy atom. The molecule has 2 aromatic rings. The van der Waals surface area contributed by atoms with Gasteiger partial charge in [-0.15, -0.1) is 0 Å². The van der Waals surface area contributed by atoms with Crippen molar-refractivity contribution in [1.29, 1.82) is 0 Å². The van der Waals surface area contributed by atoms with Crippen LogP contribution in [-0.4, -0.2) is 10.2 Å². The Balaban J connectivity index is 2.70. The highest BCUT2D eigenvalue weighted by molar-refractivity contribution is 6.36. The summed E-state index contributed by atoms with van der Waals surface area (Å²) in [7, 11) is 3.64. The van der Waals surface area contributed by atoms with E-state index in [4.69, 9.17) is 11.6 Å². The quantitative estimate of drug-likeness (QED) is 0.674. The zero-order chi connectivity index (χ0) is 11.7. The highest BCUT2D eigenvalue weighted by Crippen LogP contribution is 2.28. The summed E-state index contributed by atoms with van der Waals surface area (Å²) in [6.07, 6.45) is 0. The van der Waals surface area contributed by atoms with Gasteiger partial charge in [-0.25, -0.2) is 0 Å². The fraction of sp³-hybridized carbons (Fsp3) is 0.143. The van der Waals surface area contributed by atoms with E-state index >= 15 is 0 Å². The molecule has 0 fully saturated rings. The van der Waals surface area contributed by atoms with E-state index in [1.54, 1.807) is 0 Å². The van der Waals surface area contributed by atoms with Gasteiger partial charge in [-0.1, -0.05) is 41.1 Å². The number of halogens is 1. The van der Waals surface area contributed by atoms with Gasteiger partial charge in [0.15, 0.2) is 0 Å². The Morgan fingerprint density at radius 3 is 2.12 bits per heavy atom. The van der Waals surface area contributed by atoms with E-state index in [2.05, 4.69) is 36.2 Å². The molecule has 0 atom stereocenters. The molecule has 0 unspecified atom stereocenters. The van der Waals surface area contributed by atoms with Crippen LogP contribution in [0.25, 0.3) is 11.1 Å². The van der Waals surface area contributed by atoms with Crippen molar-refractivity contribution in [2.24, 2.45) is 0 Å². The molecule has 0 nitrogen and oxygen atoms in total. The van der Waals surface area contributed by atoms with Crippen LogP contribution in [0.15, 0.2) is 36.4 Å². The second-order valence-electron chi connectivity index (χ2n) is 3.96. The van der Waals surface area contributed by atoms with Gasteiger partial charge in [-0.05, 0) is 48.2 Å². The molecule has 0 saturated carbocycles. The van der Waals surface area contributed by atoms with Crippen molar-refractivity contribution in [2.75, 3.05) is 0 Å². The molecule has 0 heterocycles. The SMILES string of the molecule is Cc1cc(Cl)cc(C)c1-c1ccccc1[Si]. The third kappa shape index (κ3) is 2.06. The Hall–Kier alpha value is -1.05. The largest absolute Gasteiger partial charge is 0.0843 e. The summed E-state index contributed by atoms with van der Waals surface area (Å²) in [6.45, 7) is 4.18. The molecule has 2 rings (SSSR count). The molecule has 0 spiro atoms. The predicted octanol–water partition coefficient (Wildman–Crippen LogP) is 3.42. The number of aryl methyl sites for hydroxylation is 2. The summed E-state index contributed by atoms with van der Waals surface area (Å²) < 4.78 is 0. The van der Waals surface area contributed by atoms with E-state index in [1.807, 2.05) is 24.3 Å². The zero-order valence-electron chi connectivity index (χ0n) is 9.34. The zero-order valence-corrected chi connectivity index (χ0v) is 11.1. The Kier molecular flexibility index (Phi) is 3.17. The molecular weight excluding hydrogens is 232 g/mol. The minimum absolute atomic E-state index is 0.796. The monoisotopic (exact) mass is 243 g/mol. The van der Waals surface area contributed by atoms with Crippen LogP contribution in [0.2, 0.25) is 5.02 Å². The third-order valence-electron chi connectivity index (χ3n) is 2.69. The second-order valence-corrected chi connectivity index (χ2v) is 4.94. The van der Waals surface area contributed by atoms with Gasteiger partial charge >= 0.3 is 0 Å². The topological polar surface area (TPSA) is 0 Å². The smallest absolute Gasteiger partial charge is 0.0720 e. The van der Waals surface area contributed by atoms with Crippen molar-refractivity contribution in [1.82, 2.24) is 0 Å². The fourth-order valence-electron chi connectivity index (χ4n) is 2.04. The summed E-state index contributed by atoms with van der Waals surface area (Å²) in [5.74, 6) is 0. The molecule has 0 bridgehead atoms. The maximum absolute atomic E-state index is 6.04. The Labute approximate surface area is 105 Å². The van der Waals surface area contributed by atoms with Crippen LogP contribution >= 0.6 is 11.6 Å². The van der Waals surface area contributed by atoms with Gasteiger partial charge in [0, 0.05) is 5.02 Å². The molecule has 0 amide bonds. The second kappa shape index (κ2) is 4.44. The van der Waals surface area contributed by atoms with Crippen molar-refractivity contribution in [3.8, 4) is 11.1 Å². The maximum Gasteiger partial charge on any atom is 0.0720 e. The van der Waals surface area contributed by atoms with E-state index in [1.165, 1.54) is 22.3 Å². The van der Waals surface area contributed by atoms with E-state index in [0.29, 0.717) is 0 Å². The number of rotatable bonds is 1. The number of hydrogen-bond donors (Lipinski definition) is 0. The normalized spacial score (nSPS) is 10.5. The van der Waals surface area contributed by atoms with E-state index in [9.17, 15) is 0 Å². The van der Waals surface area contributed by atoms with E-state index < -0.39 is 0 Å². The van der Waals surface area contributed by atoms with Gasteiger partial charge in [0.05, 0.1) is 10.2 Å². The molecule has 3 radical (unpaired) electrons. The van der Waals surface area contributed by atoms with Crippen LogP contribution in [0, 0.1) is 13.8 Å². The third-order valence-corrected chi connectivity index (χ3v) is 3.35. The van der Waals surface area contributed by atoms with Gasteiger partial charge in [0.1, 0.15) is 0 Å². The van der Waals surface area contributed by atoms with Crippen molar-refractivity contribution >= 4 is 27.0 Å². The molecule has 2 aromatic carbocycles. The first-order valence-electron chi connectivity index (χ1n) is 5.17. The van der Waals surface area contributed by atoms with Crippen LogP contribution in [-0.2, 0) is 0 Å². The lowest BCUT2D eigenvalue weighted by Gasteiger charge is -2.13. The lowest BCUT2D eigenvalue weighted by molar-refractivity contribution is 1.38. The van der Waals surface area contributed by atoms with Crippen LogP contribution in [0.1, 0.15) is 11.1 Å². The van der Waals surface area contributed by atoms with Gasteiger partial charge in [0.25, 0.3) is 0 Å². The molecule has 2 heteroatoms. The van der Waals surface area contributed by atoms with Crippen molar-refractivity contribution in [3.05, 3.63) is 52.5 Å². The summed E-state index contributed by atoms with van der Waals surface area (Å²) in [5, 5.41) is 1.90. The lowest BCUT2D eigenvalue weighted by atomic mass is 9.96. The molecule has 0 aliphatic heterocycles. The Morgan fingerprint density at radius 2 is 1.56 bits per heavy atom. The Bertz CT molecular complexity index is 509. The van der Waals surface area contributed by atoms with Gasteiger partial charge in [-0.3, -0.25) is 0 Å². The molecule has 16 heavy (non-hydrogen) atoms. The number of hydrogen-bond acceptors (Lipinski definition) is 0. The molecular formula is C14H12ClSi. The lowest BCUT2D eigenvalue weighted by Crippen LogP contribution is -2.07. The molecule has 0 aromatic heterocycles. The first-order valence-corrected chi connectivity index (χ1v) is 6.05. The van der Waals surface area contributed by atoms with Crippen LogP contribution in [0.4, 0.5) is 0 Å². The first kappa shape index (κ1) is 11.4. The average molecular weight is 244 g/mol. The van der Waals surface area contributed by atoms with Gasteiger partial charge in [-0.2, -0.15) is 0 Å². The molecule has 0 aliphatic rings. The minimum atomic E-state index is 0.796. The summed E-state index contributed by atoms with van der Waals surface area (Å²) >= 11 is 6.04. The molecule has 0 saturated heterocycles. The number of benzene rings is 2. The summed E-state index contributed by atoms with van der Waals surface area (Å²) in [5.41, 5.74) is 4.88.